The SMILES string of the molecule is CC(C)(C)c1cnc(CCC(=O)N2CCNCC2c2ccncc2)o1. The molecule has 1 aliphatic rings. The van der Waals surface area contributed by atoms with Gasteiger partial charge < -0.3 is 14.6 Å². The number of piperazine rings is 1. The van der Waals surface area contributed by atoms with Crippen molar-refractivity contribution in [2.75, 3.05) is 19.6 Å². The van der Waals surface area contributed by atoms with Crippen molar-refractivity contribution in [3.8, 4) is 0 Å². The van der Waals surface area contributed by atoms with Gasteiger partial charge in [0.25, 0.3) is 0 Å². The molecule has 0 aromatic carbocycles. The molecule has 2 aromatic rings. The fourth-order valence-corrected chi connectivity index (χ4v) is 3.02. The molecule has 1 N–H and O–H groups in total. The minimum Gasteiger partial charge on any atom is -0.445 e. The number of aromatic nitrogens is 2. The van der Waals surface area contributed by atoms with E-state index in [0.29, 0.717) is 25.3 Å². The quantitative estimate of drug-likeness (QED) is 0.924. The maximum absolute atomic E-state index is 12.8. The van der Waals surface area contributed by atoms with Crippen molar-refractivity contribution >= 4 is 5.91 Å². The number of amides is 1. The number of aryl methyl sites for hydroxylation is 1. The molecule has 2 aromatic heterocycles. The molecule has 134 valence electrons. The van der Waals surface area contributed by atoms with Crippen molar-refractivity contribution in [1.82, 2.24) is 20.2 Å². The maximum Gasteiger partial charge on any atom is 0.223 e. The second-order valence-electron chi connectivity index (χ2n) is 7.46. The van der Waals surface area contributed by atoms with Crippen LogP contribution in [0, 0.1) is 0 Å². The Balaban J connectivity index is 1.64. The lowest BCUT2D eigenvalue weighted by atomic mass is 9.94. The van der Waals surface area contributed by atoms with Crippen molar-refractivity contribution in [3.63, 3.8) is 0 Å². The molecule has 1 unspecified atom stereocenters. The highest BCUT2D eigenvalue weighted by Crippen LogP contribution is 2.25. The molecule has 1 aliphatic heterocycles. The largest absolute Gasteiger partial charge is 0.445 e. The zero-order chi connectivity index (χ0) is 17.9. The van der Waals surface area contributed by atoms with Crippen LogP contribution in [0.15, 0.2) is 35.1 Å². The van der Waals surface area contributed by atoms with E-state index in [9.17, 15) is 4.79 Å². The molecule has 6 heteroatoms. The predicted octanol–water partition coefficient (Wildman–Crippen LogP) is 2.47. The molecule has 0 aliphatic carbocycles. The number of carbonyl (C=O) groups is 1. The van der Waals surface area contributed by atoms with Crippen LogP contribution >= 0.6 is 0 Å². The van der Waals surface area contributed by atoms with Crippen molar-refractivity contribution in [2.24, 2.45) is 0 Å². The van der Waals surface area contributed by atoms with Crippen molar-refractivity contribution < 1.29 is 9.21 Å². The van der Waals surface area contributed by atoms with Crippen LogP contribution < -0.4 is 5.32 Å². The highest BCUT2D eigenvalue weighted by molar-refractivity contribution is 5.77. The van der Waals surface area contributed by atoms with Gasteiger partial charge in [-0.1, -0.05) is 20.8 Å². The van der Waals surface area contributed by atoms with Crippen molar-refractivity contribution in [2.45, 2.75) is 45.1 Å². The number of hydrogen-bond donors (Lipinski definition) is 1. The van der Waals surface area contributed by atoms with E-state index in [1.54, 1.807) is 18.6 Å². The Morgan fingerprint density at radius 2 is 2.12 bits per heavy atom. The van der Waals surface area contributed by atoms with Crippen molar-refractivity contribution in [1.29, 1.82) is 0 Å². The lowest BCUT2D eigenvalue weighted by Crippen LogP contribution is -2.48. The first-order valence-electron chi connectivity index (χ1n) is 8.80. The van der Waals surface area contributed by atoms with Gasteiger partial charge in [-0.3, -0.25) is 9.78 Å². The number of hydrogen-bond acceptors (Lipinski definition) is 5. The summed E-state index contributed by atoms with van der Waals surface area (Å²) in [7, 11) is 0. The Morgan fingerprint density at radius 3 is 2.80 bits per heavy atom. The molecule has 1 fully saturated rings. The summed E-state index contributed by atoms with van der Waals surface area (Å²) >= 11 is 0. The predicted molar refractivity (Wildman–Crippen MR) is 95.1 cm³/mol. The third kappa shape index (κ3) is 4.25. The monoisotopic (exact) mass is 342 g/mol. The zero-order valence-electron chi connectivity index (χ0n) is 15.2. The van der Waals surface area contributed by atoms with E-state index in [2.05, 4.69) is 36.1 Å². The molecular weight excluding hydrogens is 316 g/mol. The van der Waals surface area contributed by atoms with Crippen LogP contribution in [0.25, 0.3) is 0 Å². The third-order valence-corrected chi connectivity index (χ3v) is 4.50. The van der Waals surface area contributed by atoms with Crippen LogP contribution in [0.5, 0.6) is 0 Å². The first-order valence-corrected chi connectivity index (χ1v) is 8.80. The highest BCUT2D eigenvalue weighted by Gasteiger charge is 2.28. The Hall–Kier alpha value is -2.21. The minimum atomic E-state index is -0.0692. The Kier molecular flexibility index (Phi) is 5.18. The van der Waals surface area contributed by atoms with Gasteiger partial charge in [0.1, 0.15) is 5.76 Å². The van der Waals surface area contributed by atoms with E-state index in [0.717, 1.165) is 24.4 Å². The molecule has 0 radical (unpaired) electrons. The second kappa shape index (κ2) is 7.35. The van der Waals surface area contributed by atoms with Gasteiger partial charge in [-0.25, -0.2) is 4.98 Å². The number of oxazole rings is 1. The van der Waals surface area contributed by atoms with Gasteiger partial charge in [0.05, 0.1) is 12.2 Å². The summed E-state index contributed by atoms with van der Waals surface area (Å²) in [6.07, 6.45) is 6.25. The summed E-state index contributed by atoms with van der Waals surface area (Å²) in [5, 5.41) is 3.37. The Bertz CT molecular complexity index is 706. The number of rotatable bonds is 4. The normalized spacial score (nSPS) is 18.4. The van der Waals surface area contributed by atoms with Gasteiger partial charge in [0.2, 0.25) is 5.91 Å². The van der Waals surface area contributed by atoms with E-state index >= 15 is 0 Å². The Labute approximate surface area is 148 Å². The molecule has 1 atom stereocenters. The first kappa shape index (κ1) is 17.6. The number of nitrogens with zero attached hydrogens (tertiary/aromatic N) is 3. The highest BCUT2D eigenvalue weighted by atomic mass is 16.4. The third-order valence-electron chi connectivity index (χ3n) is 4.50. The van der Waals surface area contributed by atoms with E-state index in [1.165, 1.54) is 0 Å². The summed E-state index contributed by atoms with van der Waals surface area (Å²) in [5.74, 6) is 1.62. The van der Waals surface area contributed by atoms with Crippen LogP contribution in [-0.2, 0) is 16.6 Å². The van der Waals surface area contributed by atoms with Crippen LogP contribution in [0.4, 0.5) is 0 Å². The van der Waals surface area contributed by atoms with Gasteiger partial charge in [-0.15, -0.1) is 0 Å². The summed E-state index contributed by atoms with van der Waals surface area (Å²) < 4.78 is 5.79. The lowest BCUT2D eigenvalue weighted by molar-refractivity contribution is -0.134. The van der Waals surface area contributed by atoms with Crippen molar-refractivity contribution in [3.05, 3.63) is 47.9 Å². The summed E-state index contributed by atoms with van der Waals surface area (Å²) in [6, 6.07) is 4.00. The lowest BCUT2D eigenvalue weighted by Gasteiger charge is -2.36. The van der Waals surface area contributed by atoms with Gasteiger partial charge in [0.15, 0.2) is 5.89 Å². The average molecular weight is 342 g/mol. The molecule has 3 heterocycles. The van der Waals surface area contributed by atoms with Crippen LogP contribution in [-0.4, -0.2) is 40.4 Å². The van der Waals surface area contributed by atoms with Gasteiger partial charge >= 0.3 is 0 Å². The van der Waals surface area contributed by atoms with Gasteiger partial charge in [0, 0.05) is 50.3 Å². The first-order chi connectivity index (χ1) is 11.9. The van der Waals surface area contributed by atoms with E-state index in [4.69, 9.17) is 4.42 Å². The zero-order valence-corrected chi connectivity index (χ0v) is 15.2. The minimum absolute atomic E-state index is 0.0546. The standard InChI is InChI=1S/C19H26N4O2/c1-19(2,3)16-13-22-17(25-16)4-5-18(24)23-11-10-21-12-15(23)14-6-8-20-9-7-14/h6-9,13,15,21H,4-5,10-12H2,1-3H3. The molecule has 1 amide bonds. The molecule has 0 bridgehead atoms. The van der Waals surface area contributed by atoms with E-state index in [-0.39, 0.29) is 17.4 Å². The fraction of sp³-hybridized carbons (Fsp3) is 0.526. The Morgan fingerprint density at radius 1 is 1.36 bits per heavy atom. The number of carbonyl (C=O) groups excluding carboxylic acids is 1. The molecule has 3 rings (SSSR count). The summed E-state index contributed by atoms with van der Waals surface area (Å²) in [4.78, 5) is 23.1. The smallest absolute Gasteiger partial charge is 0.223 e. The molecular formula is C19H26N4O2. The average Bonchev–Trinajstić information content (AvgIpc) is 3.10. The molecule has 25 heavy (non-hydrogen) atoms. The molecule has 0 saturated carbocycles. The molecule has 1 saturated heterocycles. The van der Waals surface area contributed by atoms with Crippen LogP contribution in [0.3, 0.4) is 0 Å². The summed E-state index contributed by atoms with van der Waals surface area (Å²) in [5.41, 5.74) is 1.04. The second-order valence-corrected chi connectivity index (χ2v) is 7.46. The van der Waals surface area contributed by atoms with E-state index < -0.39 is 0 Å². The maximum atomic E-state index is 12.8. The molecule has 6 nitrogen and oxygen atoms in total. The number of pyridine rings is 1. The number of nitrogens with one attached hydrogen (secondary N) is 1. The van der Waals surface area contributed by atoms with Crippen LogP contribution in [0.2, 0.25) is 0 Å². The van der Waals surface area contributed by atoms with Gasteiger partial charge in [-0.2, -0.15) is 0 Å². The fourth-order valence-electron chi connectivity index (χ4n) is 3.02. The van der Waals surface area contributed by atoms with Crippen LogP contribution in [0.1, 0.15) is 50.4 Å². The van der Waals surface area contributed by atoms with Gasteiger partial charge in [-0.05, 0) is 17.7 Å². The van der Waals surface area contributed by atoms with E-state index in [1.807, 2.05) is 17.0 Å². The summed E-state index contributed by atoms with van der Waals surface area (Å²) in [6.45, 7) is 8.56. The topological polar surface area (TPSA) is 71.3 Å². The molecule has 0 spiro atoms.